The van der Waals surface area contributed by atoms with E-state index >= 15 is 0 Å². The van der Waals surface area contributed by atoms with Gasteiger partial charge in [-0.3, -0.25) is 19.2 Å². The molecule has 2 aromatic rings. The van der Waals surface area contributed by atoms with Crippen LogP contribution >= 0.6 is 0 Å². The van der Waals surface area contributed by atoms with Crippen LogP contribution in [0.1, 0.15) is 59.6 Å². The molecule has 0 fully saturated rings. The van der Waals surface area contributed by atoms with Gasteiger partial charge in [-0.2, -0.15) is 0 Å². The number of nitrogens with one attached hydrogen (secondary N) is 3. The van der Waals surface area contributed by atoms with Gasteiger partial charge in [0.1, 0.15) is 35.8 Å². The van der Waals surface area contributed by atoms with E-state index in [9.17, 15) is 24.0 Å². The molecule has 0 spiro atoms. The Labute approximate surface area is 264 Å². The Morgan fingerprint density at radius 3 is 1.78 bits per heavy atom. The highest BCUT2D eigenvalue weighted by atomic mass is 16.6. The summed E-state index contributed by atoms with van der Waals surface area (Å²) in [6.07, 6.45) is -0.385. The first-order valence-corrected chi connectivity index (χ1v) is 14.7. The lowest BCUT2D eigenvalue weighted by molar-refractivity contribution is -0.142. The fourth-order valence-corrected chi connectivity index (χ4v) is 4.25. The average molecular weight is 628 g/mol. The molecule has 0 unspecified atom stereocenters. The normalized spacial score (nSPS) is 13.1. The quantitative estimate of drug-likeness (QED) is 0.211. The SMILES string of the molecule is COc1ccc(C[C@@H](COC(C)=O)NC(=O)[C@@H](NC(=O)[C@H](Cc2ccc(OC(C)=O)cc2)NC(=O)OC(C)(C)C)C(C)C)cc1. The lowest BCUT2D eigenvalue weighted by Crippen LogP contribution is -2.58. The van der Waals surface area contributed by atoms with E-state index in [-0.39, 0.29) is 18.9 Å². The number of carbonyl (C=O) groups excluding carboxylic acids is 5. The van der Waals surface area contributed by atoms with Gasteiger partial charge in [-0.15, -0.1) is 0 Å². The Bertz CT molecular complexity index is 1300. The molecule has 0 saturated heterocycles. The lowest BCUT2D eigenvalue weighted by atomic mass is 10.00. The summed E-state index contributed by atoms with van der Waals surface area (Å²) in [7, 11) is 1.56. The number of alkyl carbamates (subject to hydrolysis) is 1. The Hall–Kier alpha value is -4.61. The summed E-state index contributed by atoms with van der Waals surface area (Å²) in [5, 5.41) is 8.29. The summed E-state index contributed by atoms with van der Waals surface area (Å²) in [5.41, 5.74) is 0.728. The number of carbonyl (C=O) groups is 5. The molecule has 0 radical (unpaired) electrons. The number of ether oxygens (including phenoxy) is 4. The summed E-state index contributed by atoms with van der Waals surface area (Å²) in [6, 6.07) is 11.1. The van der Waals surface area contributed by atoms with Crippen LogP contribution in [0.5, 0.6) is 11.5 Å². The molecule has 0 bridgehead atoms. The van der Waals surface area contributed by atoms with Crippen LogP contribution in [0, 0.1) is 5.92 Å². The van der Waals surface area contributed by atoms with Crippen molar-refractivity contribution in [3.8, 4) is 11.5 Å². The van der Waals surface area contributed by atoms with Crippen molar-refractivity contribution in [2.75, 3.05) is 13.7 Å². The maximum Gasteiger partial charge on any atom is 0.408 e. The van der Waals surface area contributed by atoms with Crippen molar-refractivity contribution in [3.05, 3.63) is 59.7 Å². The summed E-state index contributed by atoms with van der Waals surface area (Å²) >= 11 is 0. The Kier molecular flexibility index (Phi) is 13.8. The zero-order valence-electron chi connectivity index (χ0n) is 27.2. The van der Waals surface area contributed by atoms with Crippen molar-refractivity contribution in [3.63, 3.8) is 0 Å². The van der Waals surface area contributed by atoms with Crippen molar-refractivity contribution < 1.29 is 42.9 Å². The molecule has 246 valence electrons. The predicted molar refractivity (Wildman–Crippen MR) is 167 cm³/mol. The van der Waals surface area contributed by atoms with Crippen LogP contribution in [-0.4, -0.2) is 67.3 Å². The molecule has 12 nitrogen and oxygen atoms in total. The van der Waals surface area contributed by atoms with E-state index in [0.717, 1.165) is 5.56 Å². The molecular formula is C33H45N3O9. The summed E-state index contributed by atoms with van der Waals surface area (Å²) in [4.78, 5) is 62.7. The third-order valence-corrected chi connectivity index (χ3v) is 6.35. The van der Waals surface area contributed by atoms with Crippen LogP contribution in [0.3, 0.4) is 0 Å². The van der Waals surface area contributed by atoms with Crippen molar-refractivity contribution in [2.24, 2.45) is 5.92 Å². The molecule has 0 aromatic heterocycles. The van der Waals surface area contributed by atoms with Gasteiger partial charge in [0.05, 0.1) is 13.2 Å². The third-order valence-electron chi connectivity index (χ3n) is 6.35. The van der Waals surface area contributed by atoms with E-state index in [1.165, 1.54) is 13.8 Å². The number of hydrogen-bond donors (Lipinski definition) is 3. The minimum Gasteiger partial charge on any atom is -0.497 e. The standard InChI is InChI=1S/C33H45N3O9/c1-20(2)29(31(40)34-25(19-43-21(3)37)17-23-9-13-26(42-8)14-10-23)36-30(39)28(35-32(41)45-33(5,6)7)18-24-11-15-27(16-12-24)44-22(4)38/h9-16,20,25,28-29H,17-19H2,1-8H3,(H,34,40)(H,35,41)(H,36,39)/t25-,28-,29-/m0/s1. The van der Waals surface area contributed by atoms with Crippen molar-refractivity contribution in [1.82, 2.24) is 16.0 Å². The number of esters is 2. The van der Waals surface area contributed by atoms with Gasteiger partial charge in [0.2, 0.25) is 11.8 Å². The van der Waals surface area contributed by atoms with E-state index in [0.29, 0.717) is 23.5 Å². The first-order chi connectivity index (χ1) is 21.1. The molecule has 0 heterocycles. The first kappa shape index (κ1) is 36.6. The molecule has 0 aliphatic rings. The molecule has 2 aromatic carbocycles. The Morgan fingerprint density at radius 2 is 1.29 bits per heavy atom. The number of benzene rings is 2. The zero-order valence-corrected chi connectivity index (χ0v) is 27.2. The maximum absolute atomic E-state index is 13.6. The van der Waals surface area contributed by atoms with Crippen LogP contribution < -0.4 is 25.4 Å². The van der Waals surface area contributed by atoms with Crippen LogP contribution in [0.15, 0.2) is 48.5 Å². The molecule has 0 aliphatic heterocycles. The number of hydrogen-bond acceptors (Lipinski definition) is 9. The van der Waals surface area contributed by atoms with Gasteiger partial charge in [0.15, 0.2) is 0 Å². The Morgan fingerprint density at radius 1 is 0.733 bits per heavy atom. The molecule has 3 atom stereocenters. The van der Waals surface area contributed by atoms with Crippen molar-refractivity contribution in [2.45, 2.75) is 85.0 Å². The number of methoxy groups -OCH3 is 1. The van der Waals surface area contributed by atoms with Crippen molar-refractivity contribution >= 4 is 29.8 Å². The van der Waals surface area contributed by atoms with E-state index in [4.69, 9.17) is 18.9 Å². The summed E-state index contributed by atoms with van der Waals surface area (Å²) in [5.74, 6) is -1.37. The van der Waals surface area contributed by atoms with Gasteiger partial charge in [0, 0.05) is 20.3 Å². The smallest absolute Gasteiger partial charge is 0.408 e. The van der Waals surface area contributed by atoms with Gasteiger partial charge in [-0.25, -0.2) is 4.79 Å². The monoisotopic (exact) mass is 627 g/mol. The molecule has 2 rings (SSSR count). The van der Waals surface area contributed by atoms with Crippen LogP contribution in [-0.2, 0) is 41.5 Å². The fourth-order valence-electron chi connectivity index (χ4n) is 4.25. The molecule has 45 heavy (non-hydrogen) atoms. The van der Waals surface area contributed by atoms with Crippen molar-refractivity contribution in [1.29, 1.82) is 0 Å². The molecule has 3 amide bonds. The predicted octanol–water partition coefficient (Wildman–Crippen LogP) is 3.49. The van der Waals surface area contributed by atoms with Crippen LogP contribution in [0.25, 0.3) is 0 Å². The highest BCUT2D eigenvalue weighted by Crippen LogP contribution is 2.16. The zero-order chi connectivity index (χ0) is 33.7. The second kappa shape index (κ2) is 17.0. The van der Waals surface area contributed by atoms with Gasteiger partial charge in [0.25, 0.3) is 0 Å². The first-order valence-electron chi connectivity index (χ1n) is 14.7. The largest absolute Gasteiger partial charge is 0.497 e. The van der Waals surface area contributed by atoms with Gasteiger partial charge < -0.3 is 34.9 Å². The summed E-state index contributed by atoms with van der Waals surface area (Å²) < 4.78 is 20.9. The Balaban J connectivity index is 2.24. The number of rotatable bonds is 14. The molecule has 0 aliphatic carbocycles. The highest BCUT2D eigenvalue weighted by molar-refractivity contribution is 5.91. The van der Waals surface area contributed by atoms with E-state index in [1.54, 1.807) is 78.1 Å². The van der Waals surface area contributed by atoms with Crippen LogP contribution in [0.2, 0.25) is 0 Å². The topological polar surface area (TPSA) is 158 Å². The number of amides is 3. The van der Waals surface area contributed by atoms with Crippen LogP contribution in [0.4, 0.5) is 4.79 Å². The van der Waals surface area contributed by atoms with E-state index in [1.807, 2.05) is 12.1 Å². The molecule has 12 heteroatoms. The molecule has 3 N–H and O–H groups in total. The highest BCUT2D eigenvalue weighted by Gasteiger charge is 2.31. The molecular weight excluding hydrogens is 582 g/mol. The van der Waals surface area contributed by atoms with Gasteiger partial charge in [-0.1, -0.05) is 38.1 Å². The van der Waals surface area contributed by atoms with Gasteiger partial charge >= 0.3 is 18.0 Å². The van der Waals surface area contributed by atoms with E-state index < -0.39 is 53.6 Å². The van der Waals surface area contributed by atoms with E-state index in [2.05, 4.69) is 16.0 Å². The molecule has 0 saturated carbocycles. The second-order valence-electron chi connectivity index (χ2n) is 11.9. The third kappa shape index (κ3) is 13.7. The summed E-state index contributed by atoms with van der Waals surface area (Å²) in [6.45, 7) is 11.2. The van der Waals surface area contributed by atoms with Gasteiger partial charge in [-0.05, 0) is 68.5 Å². The maximum atomic E-state index is 13.6. The minimum absolute atomic E-state index is 0.0599. The second-order valence-corrected chi connectivity index (χ2v) is 11.9. The fraction of sp³-hybridized carbons (Fsp3) is 0.485. The lowest BCUT2D eigenvalue weighted by Gasteiger charge is -2.28. The minimum atomic E-state index is -1.11. The average Bonchev–Trinajstić information content (AvgIpc) is 2.94.